The minimum atomic E-state index is -0.590. The van der Waals surface area contributed by atoms with Crippen molar-refractivity contribution < 1.29 is 23.8 Å². The molecule has 7 heteroatoms. The molecule has 0 aliphatic carbocycles. The normalized spacial score (nSPS) is 15.7. The Labute approximate surface area is 155 Å². The molecule has 2 N–H and O–H groups in total. The van der Waals surface area contributed by atoms with Crippen LogP contribution in [0.4, 0.5) is 14.9 Å². The molecule has 1 heterocycles. The van der Waals surface area contributed by atoms with Crippen molar-refractivity contribution in [3.63, 3.8) is 0 Å². The molecule has 0 unspecified atom stereocenters. The summed E-state index contributed by atoms with van der Waals surface area (Å²) in [6.07, 6.45) is -1.08. The van der Waals surface area contributed by atoms with E-state index in [9.17, 15) is 19.1 Å². The molecular formula is C20H17FN2O4. The van der Waals surface area contributed by atoms with Crippen LogP contribution in [-0.2, 0) is 9.53 Å². The first-order valence-corrected chi connectivity index (χ1v) is 8.25. The van der Waals surface area contributed by atoms with Crippen molar-refractivity contribution in [3.8, 4) is 17.6 Å². The van der Waals surface area contributed by atoms with Gasteiger partial charge in [0.15, 0.2) is 0 Å². The van der Waals surface area contributed by atoms with Gasteiger partial charge >= 0.3 is 6.09 Å². The second-order valence-electron chi connectivity index (χ2n) is 6.01. The second kappa shape index (κ2) is 7.79. The largest absolute Gasteiger partial charge is 0.508 e. The predicted molar refractivity (Wildman–Crippen MR) is 96.8 cm³/mol. The molecule has 2 aromatic carbocycles. The SMILES string of the molecule is CC(=O)NC[C@H]1CN(c2ccc(C#Cc3ccc(O)cc3)c(F)c2)C(=O)O1. The van der Waals surface area contributed by atoms with Crippen molar-refractivity contribution >= 4 is 17.7 Å². The summed E-state index contributed by atoms with van der Waals surface area (Å²) in [5.41, 5.74) is 1.19. The number of carbonyl (C=O) groups excluding carboxylic acids is 2. The van der Waals surface area contributed by atoms with Gasteiger partial charge in [0.05, 0.1) is 24.3 Å². The van der Waals surface area contributed by atoms with E-state index in [1.165, 1.54) is 36.1 Å². The van der Waals surface area contributed by atoms with Gasteiger partial charge in [-0.05, 0) is 42.5 Å². The van der Waals surface area contributed by atoms with Crippen LogP contribution in [0.15, 0.2) is 42.5 Å². The summed E-state index contributed by atoms with van der Waals surface area (Å²) < 4.78 is 19.5. The maximum absolute atomic E-state index is 14.4. The Morgan fingerprint density at radius 3 is 2.70 bits per heavy atom. The van der Waals surface area contributed by atoms with E-state index in [-0.39, 0.29) is 30.3 Å². The molecule has 0 spiro atoms. The fourth-order valence-corrected chi connectivity index (χ4v) is 2.55. The Morgan fingerprint density at radius 2 is 2.04 bits per heavy atom. The lowest BCUT2D eigenvalue weighted by atomic mass is 10.1. The standard InChI is InChI=1S/C20H17FN2O4/c1-13(24)22-11-18-12-23(20(26)27-18)16-7-6-15(19(21)10-16)5-2-14-3-8-17(25)9-4-14/h3-4,6-10,18,25H,11-12H2,1H3,(H,22,24)/t18-/m0/s1. The summed E-state index contributed by atoms with van der Waals surface area (Å²) in [6, 6.07) is 10.6. The lowest BCUT2D eigenvalue weighted by Crippen LogP contribution is -2.33. The van der Waals surface area contributed by atoms with E-state index in [1.807, 2.05) is 0 Å². The van der Waals surface area contributed by atoms with Gasteiger partial charge in [-0.15, -0.1) is 0 Å². The molecule has 3 rings (SSSR count). The molecule has 0 radical (unpaired) electrons. The van der Waals surface area contributed by atoms with Gasteiger partial charge < -0.3 is 15.2 Å². The lowest BCUT2D eigenvalue weighted by molar-refractivity contribution is -0.119. The van der Waals surface area contributed by atoms with Crippen LogP contribution >= 0.6 is 0 Å². The van der Waals surface area contributed by atoms with Crippen LogP contribution in [0.3, 0.4) is 0 Å². The molecule has 0 bridgehead atoms. The van der Waals surface area contributed by atoms with Crippen molar-refractivity contribution in [3.05, 3.63) is 59.4 Å². The Hall–Kier alpha value is -3.53. The third-order valence-electron chi connectivity index (χ3n) is 3.93. The third-order valence-corrected chi connectivity index (χ3v) is 3.93. The van der Waals surface area contributed by atoms with Crippen molar-refractivity contribution in [2.45, 2.75) is 13.0 Å². The number of cyclic esters (lactones) is 1. The zero-order valence-corrected chi connectivity index (χ0v) is 14.5. The molecule has 1 fully saturated rings. The van der Waals surface area contributed by atoms with Gasteiger partial charge in [0, 0.05) is 12.5 Å². The molecular weight excluding hydrogens is 351 g/mol. The molecule has 6 nitrogen and oxygen atoms in total. The number of nitrogens with zero attached hydrogens (tertiary/aromatic N) is 1. The van der Waals surface area contributed by atoms with Crippen LogP contribution in [0, 0.1) is 17.7 Å². The number of phenols is 1. The van der Waals surface area contributed by atoms with Crippen LogP contribution in [0.1, 0.15) is 18.1 Å². The van der Waals surface area contributed by atoms with Gasteiger partial charge in [-0.2, -0.15) is 0 Å². The first-order chi connectivity index (χ1) is 12.9. The fourth-order valence-electron chi connectivity index (χ4n) is 2.55. The Morgan fingerprint density at radius 1 is 1.30 bits per heavy atom. The molecule has 1 atom stereocenters. The van der Waals surface area contributed by atoms with Crippen LogP contribution in [0.2, 0.25) is 0 Å². The number of hydrogen-bond acceptors (Lipinski definition) is 4. The predicted octanol–water partition coefficient (Wildman–Crippen LogP) is 2.39. The van der Waals surface area contributed by atoms with Crippen molar-refractivity contribution in [1.29, 1.82) is 0 Å². The highest BCUT2D eigenvalue weighted by atomic mass is 19.1. The lowest BCUT2D eigenvalue weighted by Gasteiger charge is -2.13. The van der Waals surface area contributed by atoms with E-state index >= 15 is 0 Å². The summed E-state index contributed by atoms with van der Waals surface area (Å²) in [5, 5.41) is 11.8. The highest BCUT2D eigenvalue weighted by Crippen LogP contribution is 2.23. The zero-order chi connectivity index (χ0) is 19.4. The molecule has 0 aromatic heterocycles. The quantitative estimate of drug-likeness (QED) is 0.816. The number of aromatic hydroxyl groups is 1. The number of nitrogens with one attached hydrogen (secondary N) is 1. The number of benzene rings is 2. The Kier molecular flexibility index (Phi) is 5.27. The minimum Gasteiger partial charge on any atom is -0.508 e. The number of ether oxygens (including phenoxy) is 1. The second-order valence-corrected chi connectivity index (χ2v) is 6.01. The number of carbonyl (C=O) groups is 2. The number of hydrogen-bond donors (Lipinski definition) is 2. The number of amides is 2. The molecule has 2 aromatic rings. The Balaban J connectivity index is 1.72. The Bertz CT molecular complexity index is 931. The number of phenolic OH excluding ortho intramolecular Hbond substituents is 1. The molecule has 0 saturated carbocycles. The van der Waals surface area contributed by atoms with Crippen molar-refractivity contribution in [2.75, 3.05) is 18.0 Å². The maximum Gasteiger partial charge on any atom is 0.414 e. The van der Waals surface area contributed by atoms with Gasteiger partial charge in [0.25, 0.3) is 0 Å². The maximum atomic E-state index is 14.4. The summed E-state index contributed by atoms with van der Waals surface area (Å²) in [5.74, 6) is 4.90. The average Bonchev–Trinajstić information content (AvgIpc) is 3.01. The van der Waals surface area contributed by atoms with E-state index in [0.29, 0.717) is 11.3 Å². The number of anilines is 1. The highest BCUT2D eigenvalue weighted by molar-refractivity contribution is 5.90. The van der Waals surface area contributed by atoms with E-state index in [1.54, 1.807) is 18.2 Å². The summed E-state index contributed by atoms with van der Waals surface area (Å²) in [6.45, 7) is 1.80. The van der Waals surface area contributed by atoms with Gasteiger partial charge in [0.2, 0.25) is 5.91 Å². The molecule has 1 saturated heterocycles. The van der Waals surface area contributed by atoms with Crippen molar-refractivity contribution in [1.82, 2.24) is 5.32 Å². The van der Waals surface area contributed by atoms with Crippen LogP contribution in [0.25, 0.3) is 0 Å². The monoisotopic (exact) mass is 368 g/mol. The van der Waals surface area contributed by atoms with E-state index < -0.39 is 18.0 Å². The van der Waals surface area contributed by atoms with Crippen molar-refractivity contribution in [2.24, 2.45) is 0 Å². The van der Waals surface area contributed by atoms with E-state index in [0.717, 1.165) is 0 Å². The molecule has 1 aliphatic rings. The van der Waals surface area contributed by atoms with E-state index in [2.05, 4.69) is 17.2 Å². The molecule has 138 valence electrons. The number of rotatable bonds is 3. The molecule has 27 heavy (non-hydrogen) atoms. The van der Waals surface area contributed by atoms with Gasteiger partial charge in [0.1, 0.15) is 17.7 Å². The topological polar surface area (TPSA) is 78.9 Å². The first-order valence-electron chi connectivity index (χ1n) is 8.25. The summed E-state index contributed by atoms with van der Waals surface area (Å²) in [4.78, 5) is 24.3. The van der Waals surface area contributed by atoms with Crippen LogP contribution < -0.4 is 10.2 Å². The van der Waals surface area contributed by atoms with Gasteiger partial charge in [-0.25, -0.2) is 9.18 Å². The molecule has 2 amide bonds. The number of halogens is 1. The third kappa shape index (κ3) is 4.55. The fraction of sp³-hybridized carbons (Fsp3) is 0.200. The smallest absolute Gasteiger partial charge is 0.414 e. The van der Waals surface area contributed by atoms with Crippen LogP contribution in [0.5, 0.6) is 5.75 Å². The van der Waals surface area contributed by atoms with Gasteiger partial charge in [-0.3, -0.25) is 9.69 Å². The minimum absolute atomic E-state index is 0.130. The summed E-state index contributed by atoms with van der Waals surface area (Å²) in [7, 11) is 0. The molecule has 1 aliphatic heterocycles. The summed E-state index contributed by atoms with van der Waals surface area (Å²) >= 11 is 0. The highest BCUT2D eigenvalue weighted by Gasteiger charge is 2.32. The average molecular weight is 368 g/mol. The van der Waals surface area contributed by atoms with E-state index in [4.69, 9.17) is 4.74 Å². The zero-order valence-electron chi connectivity index (χ0n) is 14.5. The van der Waals surface area contributed by atoms with Crippen LogP contribution in [-0.4, -0.2) is 36.3 Å². The first kappa shape index (κ1) is 18.3. The van der Waals surface area contributed by atoms with Gasteiger partial charge in [-0.1, -0.05) is 11.8 Å².